The molecule has 0 bridgehead atoms. The van der Waals surface area contributed by atoms with Gasteiger partial charge in [-0.3, -0.25) is 0 Å². The molecule has 0 atom stereocenters. The van der Waals surface area contributed by atoms with Gasteiger partial charge in [0.15, 0.2) is 5.69 Å². The Balaban J connectivity index is 1.62. The maximum Gasteiger partial charge on any atom is 0.354 e. The molecule has 1 aromatic heterocycles. The maximum absolute atomic E-state index is 10.7. The largest absolute Gasteiger partial charge is 0.477 e. The van der Waals surface area contributed by atoms with Crippen LogP contribution in [-0.2, 0) is 4.74 Å². The van der Waals surface area contributed by atoms with Gasteiger partial charge in [0.2, 0.25) is 5.95 Å². The van der Waals surface area contributed by atoms with E-state index in [9.17, 15) is 4.79 Å². The summed E-state index contributed by atoms with van der Waals surface area (Å²) >= 11 is 0. The van der Waals surface area contributed by atoms with Crippen LogP contribution in [0.3, 0.4) is 0 Å². The monoisotopic (exact) mass is 251 g/mol. The van der Waals surface area contributed by atoms with E-state index in [2.05, 4.69) is 15.3 Å². The van der Waals surface area contributed by atoms with E-state index in [0.29, 0.717) is 19.1 Å². The van der Waals surface area contributed by atoms with Gasteiger partial charge in [-0.2, -0.15) is 0 Å². The number of hydrogen-bond acceptors (Lipinski definition) is 5. The van der Waals surface area contributed by atoms with Gasteiger partial charge in [0.25, 0.3) is 0 Å². The van der Waals surface area contributed by atoms with Crippen LogP contribution in [0.25, 0.3) is 0 Å². The molecule has 98 valence electrons. The lowest BCUT2D eigenvalue weighted by molar-refractivity contribution is 0.0690. The molecule has 0 aromatic carbocycles. The maximum atomic E-state index is 10.7. The Morgan fingerprint density at radius 2 is 2.39 bits per heavy atom. The summed E-state index contributed by atoms with van der Waals surface area (Å²) < 4.78 is 5.48. The number of nitrogens with one attached hydrogen (secondary N) is 1. The number of hydrogen-bond donors (Lipinski definition) is 2. The van der Waals surface area contributed by atoms with Gasteiger partial charge in [-0.05, 0) is 31.2 Å². The highest BCUT2D eigenvalue weighted by molar-refractivity contribution is 5.85. The van der Waals surface area contributed by atoms with Gasteiger partial charge >= 0.3 is 5.97 Å². The van der Waals surface area contributed by atoms with Crippen LogP contribution in [0.1, 0.15) is 29.8 Å². The van der Waals surface area contributed by atoms with Crippen molar-refractivity contribution in [1.82, 2.24) is 9.97 Å². The molecule has 18 heavy (non-hydrogen) atoms. The predicted octanol–water partition coefficient (Wildman–Crippen LogP) is 1.40. The Morgan fingerprint density at radius 1 is 1.56 bits per heavy atom. The second-order valence-corrected chi connectivity index (χ2v) is 4.37. The zero-order chi connectivity index (χ0) is 12.8. The molecule has 0 spiro atoms. The molecule has 0 aliphatic heterocycles. The average Bonchev–Trinajstić information content (AvgIpc) is 3.18. The van der Waals surface area contributed by atoms with Crippen LogP contribution >= 0.6 is 0 Å². The standard InChI is InChI=1S/C12H17N3O3/c16-11(17)10-4-6-14-12(15-10)13-5-1-7-18-8-9-2-3-9/h4,6,9H,1-3,5,7-8H2,(H,16,17)(H,13,14,15). The van der Waals surface area contributed by atoms with E-state index < -0.39 is 5.97 Å². The van der Waals surface area contributed by atoms with Gasteiger partial charge in [0.1, 0.15) is 0 Å². The fourth-order valence-electron chi connectivity index (χ4n) is 1.47. The molecule has 1 saturated carbocycles. The smallest absolute Gasteiger partial charge is 0.354 e. The lowest BCUT2D eigenvalue weighted by atomic mass is 10.4. The Labute approximate surface area is 105 Å². The number of carboxylic acid groups (broad SMARTS) is 1. The second-order valence-electron chi connectivity index (χ2n) is 4.37. The first-order valence-corrected chi connectivity index (χ1v) is 6.13. The van der Waals surface area contributed by atoms with E-state index >= 15 is 0 Å². The number of carbonyl (C=O) groups is 1. The van der Waals surface area contributed by atoms with Crippen molar-refractivity contribution in [2.45, 2.75) is 19.3 Å². The number of carboxylic acids is 1. The molecule has 6 nitrogen and oxygen atoms in total. The zero-order valence-electron chi connectivity index (χ0n) is 10.1. The molecule has 2 N–H and O–H groups in total. The van der Waals surface area contributed by atoms with Crippen LogP contribution in [0, 0.1) is 5.92 Å². The summed E-state index contributed by atoms with van der Waals surface area (Å²) in [5, 5.41) is 11.7. The molecular formula is C12H17N3O3. The molecule has 1 heterocycles. The second kappa shape index (κ2) is 6.30. The number of ether oxygens (including phenoxy) is 1. The van der Waals surface area contributed by atoms with Crippen LogP contribution in [0.15, 0.2) is 12.3 Å². The van der Waals surface area contributed by atoms with Crippen molar-refractivity contribution in [2.24, 2.45) is 5.92 Å². The van der Waals surface area contributed by atoms with E-state index in [-0.39, 0.29) is 5.69 Å². The average molecular weight is 251 g/mol. The summed E-state index contributed by atoms with van der Waals surface area (Å²) in [6, 6.07) is 1.37. The lowest BCUT2D eigenvalue weighted by Crippen LogP contribution is -2.11. The summed E-state index contributed by atoms with van der Waals surface area (Å²) in [4.78, 5) is 18.5. The first kappa shape index (κ1) is 12.8. The van der Waals surface area contributed by atoms with Gasteiger partial charge in [-0.25, -0.2) is 14.8 Å². The summed E-state index contributed by atoms with van der Waals surface area (Å²) in [7, 11) is 0. The van der Waals surface area contributed by atoms with Crippen molar-refractivity contribution in [3.05, 3.63) is 18.0 Å². The molecule has 2 rings (SSSR count). The molecule has 1 fully saturated rings. The molecule has 0 unspecified atom stereocenters. The normalized spacial score (nSPS) is 14.4. The molecule has 0 saturated heterocycles. The van der Waals surface area contributed by atoms with Crippen LogP contribution in [0.2, 0.25) is 0 Å². The first-order valence-electron chi connectivity index (χ1n) is 6.13. The third-order valence-corrected chi connectivity index (χ3v) is 2.67. The summed E-state index contributed by atoms with van der Waals surface area (Å²) in [6.45, 7) is 2.25. The van der Waals surface area contributed by atoms with Crippen molar-refractivity contribution < 1.29 is 14.6 Å². The zero-order valence-corrected chi connectivity index (χ0v) is 10.1. The minimum absolute atomic E-state index is 0.00233. The van der Waals surface area contributed by atoms with E-state index in [0.717, 1.165) is 18.9 Å². The van der Waals surface area contributed by atoms with Crippen molar-refractivity contribution in [3.63, 3.8) is 0 Å². The van der Waals surface area contributed by atoms with Gasteiger partial charge in [-0.15, -0.1) is 0 Å². The van der Waals surface area contributed by atoms with Crippen molar-refractivity contribution in [1.29, 1.82) is 0 Å². The number of nitrogens with zero attached hydrogens (tertiary/aromatic N) is 2. The minimum Gasteiger partial charge on any atom is -0.477 e. The molecule has 0 radical (unpaired) electrons. The number of aromatic carboxylic acids is 1. The fraction of sp³-hybridized carbons (Fsp3) is 0.583. The minimum atomic E-state index is -1.05. The summed E-state index contributed by atoms with van der Waals surface area (Å²) in [5.74, 6) is 0.0823. The molecular weight excluding hydrogens is 234 g/mol. The van der Waals surface area contributed by atoms with Crippen molar-refractivity contribution in [3.8, 4) is 0 Å². The highest BCUT2D eigenvalue weighted by Crippen LogP contribution is 2.28. The first-order chi connectivity index (χ1) is 8.75. The van der Waals surface area contributed by atoms with Crippen LogP contribution in [-0.4, -0.2) is 40.8 Å². The summed E-state index contributed by atoms with van der Waals surface area (Å²) in [6.07, 6.45) is 4.89. The SMILES string of the molecule is O=C(O)c1ccnc(NCCCOCC2CC2)n1. The predicted molar refractivity (Wildman–Crippen MR) is 65.6 cm³/mol. The Morgan fingerprint density at radius 3 is 3.11 bits per heavy atom. The fourth-order valence-corrected chi connectivity index (χ4v) is 1.47. The van der Waals surface area contributed by atoms with E-state index in [1.54, 1.807) is 0 Å². The van der Waals surface area contributed by atoms with E-state index in [1.165, 1.54) is 25.1 Å². The third kappa shape index (κ3) is 4.29. The van der Waals surface area contributed by atoms with Crippen LogP contribution in [0.5, 0.6) is 0 Å². The topological polar surface area (TPSA) is 84.3 Å². The van der Waals surface area contributed by atoms with Crippen LogP contribution in [0.4, 0.5) is 5.95 Å². The van der Waals surface area contributed by atoms with E-state index in [4.69, 9.17) is 9.84 Å². The molecule has 6 heteroatoms. The van der Waals surface area contributed by atoms with Gasteiger partial charge in [-0.1, -0.05) is 0 Å². The molecule has 1 aliphatic carbocycles. The Bertz CT molecular complexity index is 407. The summed E-state index contributed by atoms with van der Waals surface area (Å²) in [5.41, 5.74) is -0.00233. The van der Waals surface area contributed by atoms with Crippen LogP contribution < -0.4 is 5.32 Å². The Kier molecular flexibility index (Phi) is 4.46. The Hall–Kier alpha value is -1.69. The van der Waals surface area contributed by atoms with Crippen molar-refractivity contribution in [2.75, 3.05) is 25.1 Å². The third-order valence-electron chi connectivity index (χ3n) is 2.67. The van der Waals surface area contributed by atoms with Gasteiger partial charge in [0.05, 0.1) is 0 Å². The number of aromatic nitrogens is 2. The van der Waals surface area contributed by atoms with Gasteiger partial charge in [0, 0.05) is 26.0 Å². The van der Waals surface area contributed by atoms with Crippen molar-refractivity contribution >= 4 is 11.9 Å². The quantitative estimate of drug-likeness (QED) is 0.679. The lowest BCUT2D eigenvalue weighted by Gasteiger charge is -2.05. The highest BCUT2D eigenvalue weighted by atomic mass is 16.5. The molecule has 1 aliphatic rings. The number of anilines is 1. The molecule has 1 aromatic rings. The number of rotatable bonds is 8. The van der Waals surface area contributed by atoms with E-state index in [1.807, 2.05) is 0 Å². The molecule has 0 amide bonds. The van der Waals surface area contributed by atoms with Gasteiger partial charge < -0.3 is 15.2 Å². The highest BCUT2D eigenvalue weighted by Gasteiger charge is 2.20.